The molecule has 0 spiro atoms. The molecule has 1 aromatic carbocycles. The van der Waals surface area contributed by atoms with Crippen LogP contribution in [-0.2, 0) is 14.3 Å². The van der Waals surface area contributed by atoms with Crippen molar-refractivity contribution in [2.75, 3.05) is 26.9 Å². The van der Waals surface area contributed by atoms with Crippen molar-refractivity contribution in [2.24, 2.45) is 0 Å². The Balaban J connectivity index is 2.58. The normalized spacial score (nSPS) is 11.6. The van der Waals surface area contributed by atoms with Crippen molar-refractivity contribution in [3.63, 3.8) is 0 Å². The Hall–Kier alpha value is -2.28. The Kier molecular flexibility index (Phi) is 9.29. The Morgan fingerprint density at radius 3 is 2.42 bits per heavy atom. The molecule has 0 aromatic heterocycles. The van der Waals surface area contributed by atoms with Gasteiger partial charge in [0.1, 0.15) is 5.75 Å². The van der Waals surface area contributed by atoms with Crippen molar-refractivity contribution in [1.82, 2.24) is 5.32 Å². The van der Waals surface area contributed by atoms with E-state index in [-0.39, 0.29) is 6.61 Å². The van der Waals surface area contributed by atoms with Gasteiger partial charge < -0.3 is 24.6 Å². The third-order valence-corrected chi connectivity index (χ3v) is 3.22. The summed E-state index contributed by atoms with van der Waals surface area (Å²) < 4.78 is 15.4. The molecular weight excluding hydrogens is 314 g/mol. The van der Waals surface area contributed by atoms with E-state index in [0.29, 0.717) is 24.5 Å². The molecule has 0 aliphatic carbocycles. The van der Waals surface area contributed by atoms with Gasteiger partial charge in [0.2, 0.25) is 0 Å². The molecule has 0 saturated heterocycles. The number of aliphatic carboxylic acids is 1. The summed E-state index contributed by atoms with van der Waals surface area (Å²) in [6, 6.07) is 5.39. The van der Waals surface area contributed by atoms with Gasteiger partial charge in [0, 0.05) is 20.1 Å². The lowest BCUT2D eigenvalue weighted by molar-refractivity contribution is -0.139. The Morgan fingerprint density at radius 2 is 1.83 bits per heavy atom. The fourth-order valence-corrected chi connectivity index (χ4v) is 1.91. The summed E-state index contributed by atoms with van der Waals surface area (Å²) in [5, 5.41) is 11.7. The van der Waals surface area contributed by atoms with Gasteiger partial charge in [-0.2, -0.15) is 0 Å². The van der Waals surface area contributed by atoms with E-state index >= 15 is 0 Å². The number of benzene rings is 1. The van der Waals surface area contributed by atoms with Gasteiger partial charge in [-0.1, -0.05) is 25.5 Å². The molecule has 0 aliphatic rings. The number of rotatable bonds is 11. The van der Waals surface area contributed by atoms with Gasteiger partial charge in [0.05, 0.1) is 13.2 Å². The standard InChI is InChI=1S/C17H25NO6/c1-3-4-11-24-17(21)18-15(16(19)20)13-6-8-14(9-7-13)23-12-5-10-22-2/h6-9,15H,3-5,10-12H2,1-2H3,(H,18,21)(H,19,20). The third kappa shape index (κ3) is 7.32. The summed E-state index contributed by atoms with van der Waals surface area (Å²) in [5.41, 5.74) is 0.444. The first kappa shape index (κ1) is 19.8. The van der Waals surface area contributed by atoms with Crippen molar-refractivity contribution in [2.45, 2.75) is 32.2 Å². The number of carbonyl (C=O) groups is 2. The first-order chi connectivity index (χ1) is 11.6. The summed E-state index contributed by atoms with van der Waals surface area (Å²) in [6.07, 6.45) is 1.65. The average Bonchev–Trinajstić information content (AvgIpc) is 2.57. The lowest BCUT2D eigenvalue weighted by Crippen LogP contribution is -2.34. The number of alkyl carbamates (subject to hydrolysis) is 1. The summed E-state index contributed by atoms with van der Waals surface area (Å²) in [4.78, 5) is 23.0. The molecule has 1 amide bonds. The highest BCUT2D eigenvalue weighted by Crippen LogP contribution is 2.18. The van der Waals surface area contributed by atoms with Crippen LogP contribution in [-0.4, -0.2) is 44.1 Å². The van der Waals surface area contributed by atoms with Gasteiger partial charge in [-0.25, -0.2) is 9.59 Å². The van der Waals surface area contributed by atoms with Crippen LogP contribution in [0.2, 0.25) is 0 Å². The SMILES string of the molecule is CCCCOC(=O)NC(C(=O)O)c1ccc(OCCCOC)cc1. The Bertz CT molecular complexity index is 502. The van der Waals surface area contributed by atoms with E-state index in [0.717, 1.165) is 19.3 Å². The minimum atomic E-state index is -1.17. The molecule has 0 aliphatic heterocycles. The van der Waals surface area contributed by atoms with Gasteiger partial charge in [0.25, 0.3) is 0 Å². The number of hydrogen-bond acceptors (Lipinski definition) is 5. The van der Waals surface area contributed by atoms with Crippen LogP contribution in [0, 0.1) is 0 Å². The monoisotopic (exact) mass is 339 g/mol. The van der Waals surface area contributed by atoms with Crippen molar-refractivity contribution < 1.29 is 28.9 Å². The molecule has 0 heterocycles. The number of carbonyl (C=O) groups excluding carboxylic acids is 1. The highest BCUT2D eigenvalue weighted by atomic mass is 16.5. The third-order valence-electron chi connectivity index (χ3n) is 3.22. The number of amides is 1. The van der Waals surface area contributed by atoms with E-state index in [1.165, 1.54) is 0 Å². The summed E-state index contributed by atoms with van der Waals surface area (Å²) >= 11 is 0. The summed E-state index contributed by atoms with van der Waals surface area (Å²) in [6.45, 7) is 3.37. The van der Waals surface area contributed by atoms with E-state index < -0.39 is 18.1 Å². The molecule has 0 bridgehead atoms. The fourth-order valence-electron chi connectivity index (χ4n) is 1.91. The lowest BCUT2D eigenvalue weighted by Gasteiger charge is -2.15. The highest BCUT2D eigenvalue weighted by Gasteiger charge is 2.22. The number of unbranched alkanes of at least 4 members (excludes halogenated alkanes) is 1. The maximum Gasteiger partial charge on any atom is 0.408 e. The average molecular weight is 339 g/mol. The fraction of sp³-hybridized carbons (Fsp3) is 0.529. The van der Waals surface area contributed by atoms with Crippen molar-refractivity contribution in [1.29, 1.82) is 0 Å². The zero-order valence-corrected chi connectivity index (χ0v) is 14.1. The van der Waals surface area contributed by atoms with E-state index in [9.17, 15) is 14.7 Å². The quantitative estimate of drug-likeness (QED) is 0.602. The molecule has 1 unspecified atom stereocenters. The largest absolute Gasteiger partial charge is 0.494 e. The van der Waals surface area contributed by atoms with Gasteiger partial charge >= 0.3 is 12.1 Å². The molecule has 0 fully saturated rings. The summed E-state index contributed by atoms with van der Waals surface area (Å²) in [7, 11) is 1.63. The Morgan fingerprint density at radius 1 is 1.12 bits per heavy atom. The predicted molar refractivity (Wildman–Crippen MR) is 88.2 cm³/mol. The van der Waals surface area contributed by atoms with E-state index in [1.54, 1.807) is 31.4 Å². The topological polar surface area (TPSA) is 94.1 Å². The van der Waals surface area contributed by atoms with E-state index in [2.05, 4.69) is 5.32 Å². The van der Waals surface area contributed by atoms with Crippen LogP contribution in [0.3, 0.4) is 0 Å². The van der Waals surface area contributed by atoms with Gasteiger partial charge in [-0.05, 0) is 24.1 Å². The van der Waals surface area contributed by atoms with E-state index in [4.69, 9.17) is 14.2 Å². The zero-order chi connectivity index (χ0) is 17.8. The van der Waals surface area contributed by atoms with Crippen molar-refractivity contribution in [3.8, 4) is 5.75 Å². The van der Waals surface area contributed by atoms with Crippen LogP contribution >= 0.6 is 0 Å². The second kappa shape index (κ2) is 11.3. The Labute approximate surface area is 141 Å². The smallest absolute Gasteiger partial charge is 0.408 e. The molecule has 1 atom stereocenters. The molecule has 7 heteroatoms. The number of carboxylic acid groups (broad SMARTS) is 1. The highest BCUT2D eigenvalue weighted by molar-refractivity contribution is 5.81. The van der Waals surface area contributed by atoms with Crippen LogP contribution in [0.1, 0.15) is 37.8 Å². The second-order valence-electron chi connectivity index (χ2n) is 5.17. The predicted octanol–water partition coefficient (Wildman–Crippen LogP) is 2.75. The molecule has 134 valence electrons. The number of carboxylic acids is 1. The zero-order valence-electron chi connectivity index (χ0n) is 14.1. The van der Waals surface area contributed by atoms with Gasteiger partial charge in [0.15, 0.2) is 6.04 Å². The first-order valence-corrected chi connectivity index (χ1v) is 7.96. The van der Waals surface area contributed by atoms with Crippen molar-refractivity contribution in [3.05, 3.63) is 29.8 Å². The molecule has 7 nitrogen and oxygen atoms in total. The van der Waals surface area contributed by atoms with Crippen LogP contribution in [0.5, 0.6) is 5.75 Å². The van der Waals surface area contributed by atoms with Crippen LogP contribution in [0.25, 0.3) is 0 Å². The lowest BCUT2D eigenvalue weighted by atomic mass is 10.1. The second-order valence-corrected chi connectivity index (χ2v) is 5.17. The maximum atomic E-state index is 11.6. The molecule has 1 aromatic rings. The van der Waals surface area contributed by atoms with Gasteiger partial charge in [-0.15, -0.1) is 0 Å². The van der Waals surface area contributed by atoms with E-state index in [1.807, 2.05) is 6.92 Å². The van der Waals surface area contributed by atoms with Crippen LogP contribution in [0.4, 0.5) is 4.79 Å². The number of ether oxygens (including phenoxy) is 3. The maximum absolute atomic E-state index is 11.6. The molecule has 0 radical (unpaired) electrons. The number of hydrogen-bond donors (Lipinski definition) is 2. The molecule has 24 heavy (non-hydrogen) atoms. The van der Waals surface area contributed by atoms with Crippen molar-refractivity contribution >= 4 is 12.1 Å². The number of methoxy groups -OCH3 is 1. The number of nitrogens with one attached hydrogen (secondary N) is 1. The van der Waals surface area contributed by atoms with Gasteiger partial charge in [-0.3, -0.25) is 0 Å². The first-order valence-electron chi connectivity index (χ1n) is 7.96. The molecule has 0 saturated carbocycles. The van der Waals surface area contributed by atoms with Crippen LogP contribution < -0.4 is 10.1 Å². The minimum Gasteiger partial charge on any atom is -0.494 e. The minimum absolute atomic E-state index is 0.267. The molecule has 2 N–H and O–H groups in total. The molecular formula is C17H25NO6. The molecule has 1 rings (SSSR count). The summed E-state index contributed by atoms with van der Waals surface area (Å²) in [5.74, 6) is -0.527. The van der Waals surface area contributed by atoms with Crippen LogP contribution in [0.15, 0.2) is 24.3 Å².